The largest absolute Gasteiger partial charge is 0.387 e. The molecule has 0 aliphatic rings. The van der Waals surface area contributed by atoms with Crippen molar-refractivity contribution in [2.75, 3.05) is 0 Å². The van der Waals surface area contributed by atoms with E-state index in [1.165, 1.54) is 6.92 Å². The van der Waals surface area contributed by atoms with Crippen molar-refractivity contribution in [1.82, 2.24) is 0 Å². The molecule has 0 radical (unpaired) electrons. The van der Waals surface area contributed by atoms with Gasteiger partial charge in [-0.05, 0) is 52.6 Å². The van der Waals surface area contributed by atoms with Gasteiger partial charge in [-0.2, -0.15) is 0 Å². The van der Waals surface area contributed by atoms with Gasteiger partial charge in [0, 0.05) is 10.2 Å². The lowest BCUT2D eigenvalue weighted by Crippen LogP contribution is -2.63. The standard InChI is InChI=1S/C13H34O5Si3/c1-12(15,9-8-10-19)11(14)13(16,17-20(2,3)4)18-21(5,6)7/h11,14-16H,8-10H2,1-7,19H3. The van der Waals surface area contributed by atoms with Crippen molar-refractivity contribution in [2.24, 2.45) is 0 Å². The third-order valence-electron chi connectivity index (χ3n) is 2.88. The fourth-order valence-electron chi connectivity index (χ4n) is 2.07. The molecule has 21 heavy (non-hydrogen) atoms. The minimum absolute atomic E-state index is 0.407. The normalized spacial score (nSPS) is 18.6. The Balaban J connectivity index is 5.37. The lowest BCUT2D eigenvalue weighted by Gasteiger charge is -2.45. The molecule has 0 rings (SSSR count). The lowest BCUT2D eigenvalue weighted by molar-refractivity contribution is -0.355. The van der Waals surface area contributed by atoms with Crippen LogP contribution in [0.4, 0.5) is 0 Å². The molecular weight excluding hydrogens is 320 g/mol. The smallest absolute Gasteiger partial charge is 0.292 e. The zero-order chi connectivity index (χ0) is 17.1. The Kier molecular flexibility index (Phi) is 7.50. The summed E-state index contributed by atoms with van der Waals surface area (Å²) in [6.45, 7) is 13.0. The summed E-state index contributed by atoms with van der Waals surface area (Å²) in [6, 6.07) is 1.03. The average molecular weight is 355 g/mol. The van der Waals surface area contributed by atoms with E-state index < -0.39 is 34.3 Å². The molecule has 5 nitrogen and oxygen atoms in total. The number of hydrogen-bond donors (Lipinski definition) is 3. The Morgan fingerprint density at radius 2 is 1.38 bits per heavy atom. The topological polar surface area (TPSA) is 79.2 Å². The third kappa shape index (κ3) is 8.03. The highest BCUT2D eigenvalue weighted by Gasteiger charge is 2.52. The maximum Gasteiger partial charge on any atom is 0.292 e. The zero-order valence-electron chi connectivity index (χ0n) is 14.9. The molecule has 0 aliphatic heterocycles. The first-order chi connectivity index (χ1) is 9.13. The molecule has 0 saturated carbocycles. The van der Waals surface area contributed by atoms with Gasteiger partial charge in [-0.15, -0.1) is 0 Å². The Morgan fingerprint density at radius 1 is 1.00 bits per heavy atom. The molecule has 0 aromatic heterocycles. The molecule has 0 bridgehead atoms. The molecule has 128 valence electrons. The first-order valence-electron chi connectivity index (χ1n) is 7.66. The highest BCUT2D eigenvalue weighted by molar-refractivity contribution is 6.70. The van der Waals surface area contributed by atoms with E-state index in [9.17, 15) is 15.3 Å². The van der Waals surface area contributed by atoms with E-state index in [1.54, 1.807) is 0 Å². The summed E-state index contributed by atoms with van der Waals surface area (Å²) in [5.41, 5.74) is -1.45. The van der Waals surface area contributed by atoms with E-state index in [-0.39, 0.29) is 0 Å². The van der Waals surface area contributed by atoms with Crippen LogP contribution in [0.15, 0.2) is 0 Å². The van der Waals surface area contributed by atoms with Gasteiger partial charge in [-0.1, -0.05) is 12.5 Å². The Labute approximate surface area is 134 Å². The molecule has 0 fully saturated rings. The van der Waals surface area contributed by atoms with Gasteiger partial charge in [-0.3, -0.25) is 0 Å². The van der Waals surface area contributed by atoms with Crippen LogP contribution in [0.25, 0.3) is 0 Å². The van der Waals surface area contributed by atoms with Gasteiger partial charge in [0.1, 0.15) is 0 Å². The molecule has 0 amide bonds. The molecule has 0 saturated heterocycles. The summed E-state index contributed by atoms with van der Waals surface area (Å²) < 4.78 is 11.5. The molecular formula is C13H34O5Si3. The van der Waals surface area contributed by atoms with Gasteiger partial charge in [-0.25, -0.2) is 0 Å². The van der Waals surface area contributed by atoms with Crippen LogP contribution in [0.2, 0.25) is 45.3 Å². The van der Waals surface area contributed by atoms with Crippen molar-refractivity contribution in [3.63, 3.8) is 0 Å². The van der Waals surface area contributed by atoms with Crippen molar-refractivity contribution >= 4 is 26.9 Å². The van der Waals surface area contributed by atoms with Crippen LogP contribution >= 0.6 is 0 Å². The van der Waals surface area contributed by atoms with Crippen LogP contribution in [0.5, 0.6) is 0 Å². The van der Waals surface area contributed by atoms with E-state index >= 15 is 0 Å². The molecule has 0 spiro atoms. The van der Waals surface area contributed by atoms with Crippen molar-refractivity contribution in [1.29, 1.82) is 0 Å². The number of aliphatic hydroxyl groups is 3. The van der Waals surface area contributed by atoms with Crippen LogP contribution < -0.4 is 0 Å². The Hall–Kier alpha value is 0.451. The van der Waals surface area contributed by atoms with Crippen LogP contribution in [0, 0.1) is 0 Å². The highest BCUT2D eigenvalue weighted by atomic mass is 28.4. The van der Waals surface area contributed by atoms with E-state index in [0.29, 0.717) is 6.42 Å². The summed E-state index contributed by atoms with van der Waals surface area (Å²) in [5, 5.41) is 31.9. The summed E-state index contributed by atoms with van der Waals surface area (Å²) >= 11 is 0. The second kappa shape index (κ2) is 7.35. The maximum atomic E-state index is 10.8. The predicted octanol–water partition coefficient (Wildman–Crippen LogP) is 1.01. The third-order valence-corrected chi connectivity index (χ3v) is 5.39. The molecule has 8 heteroatoms. The van der Waals surface area contributed by atoms with Gasteiger partial charge in [0.15, 0.2) is 22.7 Å². The first kappa shape index (κ1) is 21.5. The fraction of sp³-hybridized carbons (Fsp3) is 1.00. The molecule has 0 heterocycles. The fourth-order valence-corrected chi connectivity index (χ4v) is 4.57. The lowest BCUT2D eigenvalue weighted by atomic mass is 9.92. The van der Waals surface area contributed by atoms with Crippen LogP contribution in [0.3, 0.4) is 0 Å². The minimum atomic E-state index is -2.18. The van der Waals surface area contributed by atoms with Crippen molar-refractivity contribution in [3.05, 3.63) is 0 Å². The van der Waals surface area contributed by atoms with Crippen molar-refractivity contribution in [2.45, 2.75) is 82.8 Å². The second-order valence-corrected chi connectivity index (χ2v) is 17.8. The van der Waals surface area contributed by atoms with Crippen LogP contribution in [0.1, 0.15) is 19.8 Å². The minimum Gasteiger partial charge on any atom is -0.387 e. The van der Waals surface area contributed by atoms with E-state index in [1.807, 2.05) is 39.3 Å². The SMILES string of the molecule is CC(O)(CCC[SiH3])C(O)C(O)(O[Si](C)(C)C)O[Si](C)(C)C. The van der Waals surface area contributed by atoms with E-state index in [2.05, 4.69) is 0 Å². The molecule has 2 atom stereocenters. The van der Waals surface area contributed by atoms with Crippen molar-refractivity contribution < 1.29 is 24.2 Å². The molecule has 2 unspecified atom stereocenters. The van der Waals surface area contributed by atoms with Gasteiger partial charge in [0.2, 0.25) is 0 Å². The zero-order valence-corrected chi connectivity index (χ0v) is 18.9. The maximum absolute atomic E-state index is 10.8. The van der Waals surface area contributed by atoms with Crippen molar-refractivity contribution in [3.8, 4) is 0 Å². The second-order valence-electron chi connectivity index (χ2n) is 7.92. The van der Waals surface area contributed by atoms with Crippen LogP contribution in [-0.4, -0.2) is 59.9 Å². The van der Waals surface area contributed by atoms with Gasteiger partial charge >= 0.3 is 0 Å². The number of aliphatic hydroxyl groups excluding tert-OH is 1. The van der Waals surface area contributed by atoms with Gasteiger partial charge in [0.25, 0.3) is 5.97 Å². The van der Waals surface area contributed by atoms with E-state index in [4.69, 9.17) is 8.85 Å². The van der Waals surface area contributed by atoms with E-state index in [0.717, 1.165) is 22.7 Å². The Bertz CT molecular complexity index is 307. The molecule has 3 N–H and O–H groups in total. The highest BCUT2D eigenvalue weighted by Crippen LogP contribution is 2.32. The monoisotopic (exact) mass is 354 g/mol. The average Bonchev–Trinajstić information content (AvgIpc) is 2.19. The Morgan fingerprint density at radius 3 is 1.67 bits per heavy atom. The van der Waals surface area contributed by atoms with Crippen LogP contribution in [-0.2, 0) is 8.85 Å². The first-order valence-corrected chi connectivity index (χ1v) is 15.9. The molecule has 0 aromatic carbocycles. The molecule has 0 aliphatic carbocycles. The number of hydrogen-bond acceptors (Lipinski definition) is 5. The molecule has 0 aromatic rings. The van der Waals surface area contributed by atoms with Gasteiger partial charge in [0.05, 0.1) is 5.60 Å². The summed E-state index contributed by atoms with van der Waals surface area (Å²) in [4.78, 5) is 0. The summed E-state index contributed by atoms with van der Waals surface area (Å²) in [7, 11) is -3.31. The quantitative estimate of drug-likeness (QED) is 0.425. The summed E-state index contributed by atoms with van der Waals surface area (Å²) in [5.74, 6) is -2.15. The van der Waals surface area contributed by atoms with Gasteiger partial charge < -0.3 is 24.2 Å². The summed E-state index contributed by atoms with van der Waals surface area (Å²) in [6.07, 6.45) is -0.284. The predicted molar refractivity (Wildman–Crippen MR) is 94.4 cm³/mol. The number of rotatable bonds is 9.